The van der Waals surface area contributed by atoms with Gasteiger partial charge in [0, 0.05) is 17.0 Å². The van der Waals surface area contributed by atoms with Gasteiger partial charge in [-0.05, 0) is 34.9 Å². The average molecular weight is 338 g/mol. The Hall–Kier alpha value is -2.72. The summed E-state index contributed by atoms with van der Waals surface area (Å²) in [5.41, 5.74) is 5.85. The van der Waals surface area contributed by atoms with Crippen molar-refractivity contribution in [3.8, 4) is 22.3 Å². The Kier molecular flexibility index (Phi) is 3.75. The first-order valence-corrected chi connectivity index (χ1v) is 8.03. The molecule has 118 valence electrons. The van der Waals surface area contributed by atoms with Gasteiger partial charge >= 0.3 is 0 Å². The number of rotatable bonds is 3. The van der Waals surface area contributed by atoms with Crippen molar-refractivity contribution >= 4 is 17.1 Å². The molecule has 0 aliphatic rings. The van der Waals surface area contributed by atoms with Gasteiger partial charge in [-0.1, -0.05) is 36.4 Å². The van der Waals surface area contributed by atoms with E-state index in [1.165, 1.54) is 12.1 Å². The standard InChI is InChI=1S/C19H13ClFN3/c20-10-13-1-3-15(4-2-13)18-12-23-24-19(18)9-16(11-22-24)14-5-7-17(21)8-6-14/h1-9,11-12H,10H2. The molecule has 5 heteroatoms. The summed E-state index contributed by atoms with van der Waals surface area (Å²) in [5, 5.41) is 8.66. The van der Waals surface area contributed by atoms with E-state index in [-0.39, 0.29) is 5.82 Å². The smallest absolute Gasteiger partial charge is 0.123 e. The molecule has 0 unspecified atom stereocenters. The summed E-state index contributed by atoms with van der Waals surface area (Å²) >= 11 is 5.85. The summed E-state index contributed by atoms with van der Waals surface area (Å²) < 4.78 is 14.7. The zero-order chi connectivity index (χ0) is 16.5. The van der Waals surface area contributed by atoms with Gasteiger partial charge in [0.1, 0.15) is 5.82 Å². The van der Waals surface area contributed by atoms with Crippen molar-refractivity contribution in [2.24, 2.45) is 0 Å². The van der Waals surface area contributed by atoms with E-state index in [4.69, 9.17) is 11.6 Å². The Balaban J connectivity index is 1.82. The van der Waals surface area contributed by atoms with E-state index in [2.05, 4.69) is 10.2 Å². The number of benzene rings is 2. The Morgan fingerprint density at radius 1 is 0.833 bits per heavy atom. The Morgan fingerprint density at radius 2 is 1.50 bits per heavy atom. The average Bonchev–Trinajstić information content (AvgIpc) is 3.05. The number of halogens is 2. The minimum Gasteiger partial charge on any atom is -0.207 e. The van der Waals surface area contributed by atoms with Crippen LogP contribution < -0.4 is 0 Å². The van der Waals surface area contributed by atoms with Gasteiger partial charge in [0.25, 0.3) is 0 Å². The number of hydrogen-bond acceptors (Lipinski definition) is 2. The first-order valence-electron chi connectivity index (χ1n) is 7.50. The summed E-state index contributed by atoms with van der Waals surface area (Å²) in [4.78, 5) is 0. The van der Waals surface area contributed by atoms with E-state index in [1.54, 1.807) is 29.2 Å². The number of alkyl halides is 1. The third kappa shape index (κ3) is 2.65. The maximum Gasteiger partial charge on any atom is 0.123 e. The molecule has 4 aromatic rings. The van der Waals surface area contributed by atoms with Crippen LogP contribution in [0.15, 0.2) is 67.0 Å². The van der Waals surface area contributed by atoms with Gasteiger partial charge in [-0.2, -0.15) is 14.8 Å². The van der Waals surface area contributed by atoms with E-state index in [0.29, 0.717) is 5.88 Å². The molecule has 0 bridgehead atoms. The number of aromatic nitrogens is 3. The lowest BCUT2D eigenvalue weighted by atomic mass is 10.0. The molecule has 0 spiro atoms. The number of nitrogens with zero attached hydrogens (tertiary/aromatic N) is 3. The van der Waals surface area contributed by atoms with Crippen molar-refractivity contribution in [2.75, 3.05) is 0 Å². The molecule has 0 aliphatic heterocycles. The molecule has 2 heterocycles. The zero-order valence-corrected chi connectivity index (χ0v) is 13.4. The molecular formula is C19H13ClFN3. The van der Waals surface area contributed by atoms with Crippen LogP contribution in [-0.2, 0) is 5.88 Å². The molecule has 0 N–H and O–H groups in total. The predicted molar refractivity (Wildman–Crippen MR) is 93.4 cm³/mol. The van der Waals surface area contributed by atoms with Crippen LogP contribution in [0.5, 0.6) is 0 Å². The molecule has 0 saturated carbocycles. The predicted octanol–water partition coefficient (Wildman–Crippen LogP) is 4.94. The molecule has 0 radical (unpaired) electrons. The second-order valence-electron chi connectivity index (χ2n) is 5.51. The van der Waals surface area contributed by atoms with Gasteiger partial charge in [-0.25, -0.2) is 4.39 Å². The van der Waals surface area contributed by atoms with E-state index < -0.39 is 0 Å². The Morgan fingerprint density at radius 3 is 2.21 bits per heavy atom. The highest BCUT2D eigenvalue weighted by Gasteiger charge is 2.09. The lowest BCUT2D eigenvalue weighted by molar-refractivity contribution is 0.628. The van der Waals surface area contributed by atoms with Crippen LogP contribution in [0.1, 0.15) is 5.56 Å². The molecule has 0 amide bonds. The van der Waals surface area contributed by atoms with E-state index >= 15 is 0 Å². The summed E-state index contributed by atoms with van der Waals surface area (Å²) in [6, 6.07) is 16.5. The van der Waals surface area contributed by atoms with E-state index in [0.717, 1.165) is 33.3 Å². The molecule has 24 heavy (non-hydrogen) atoms. The Bertz CT molecular complexity index is 991. The van der Waals surface area contributed by atoms with Crippen LogP contribution in [0.25, 0.3) is 27.8 Å². The fourth-order valence-corrected chi connectivity index (χ4v) is 2.85. The van der Waals surface area contributed by atoms with Crippen LogP contribution in [0, 0.1) is 5.82 Å². The van der Waals surface area contributed by atoms with Crippen LogP contribution in [0.4, 0.5) is 4.39 Å². The lowest BCUT2D eigenvalue weighted by Crippen LogP contribution is -1.93. The van der Waals surface area contributed by atoms with Crippen molar-refractivity contribution in [3.63, 3.8) is 0 Å². The summed E-state index contributed by atoms with van der Waals surface area (Å²) in [6.07, 6.45) is 3.53. The van der Waals surface area contributed by atoms with Crippen molar-refractivity contribution < 1.29 is 4.39 Å². The van der Waals surface area contributed by atoms with Gasteiger partial charge in [0.05, 0.1) is 17.9 Å². The van der Waals surface area contributed by atoms with Gasteiger partial charge < -0.3 is 0 Å². The molecular weight excluding hydrogens is 325 g/mol. The minimum absolute atomic E-state index is 0.253. The molecule has 2 aromatic heterocycles. The minimum atomic E-state index is -0.253. The number of hydrogen-bond donors (Lipinski definition) is 0. The first kappa shape index (κ1) is 14.8. The van der Waals surface area contributed by atoms with Crippen LogP contribution in [0.3, 0.4) is 0 Å². The fourth-order valence-electron chi connectivity index (χ4n) is 2.67. The molecule has 0 aliphatic carbocycles. The zero-order valence-electron chi connectivity index (χ0n) is 12.7. The van der Waals surface area contributed by atoms with Gasteiger partial charge in [-0.3, -0.25) is 0 Å². The van der Waals surface area contributed by atoms with Gasteiger partial charge in [-0.15, -0.1) is 11.6 Å². The molecule has 2 aromatic carbocycles. The van der Waals surface area contributed by atoms with Crippen molar-refractivity contribution in [2.45, 2.75) is 5.88 Å². The maximum absolute atomic E-state index is 13.1. The fraction of sp³-hybridized carbons (Fsp3) is 0.0526. The summed E-state index contributed by atoms with van der Waals surface area (Å²) in [6.45, 7) is 0. The van der Waals surface area contributed by atoms with Crippen LogP contribution in [0.2, 0.25) is 0 Å². The lowest BCUT2D eigenvalue weighted by Gasteiger charge is -2.04. The largest absolute Gasteiger partial charge is 0.207 e. The second kappa shape index (κ2) is 6.06. The molecule has 0 saturated heterocycles. The van der Waals surface area contributed by atoms with E-state index in [9.17, 15) is 4.39 Å². The van der Waals surface area contributed by atoms with Gasteiger partial charge in [0.2, 0.25) is 0 Å². The maximum atomic E-state index is 13.1. The summed E-state index contributed by atoms with van der Waals surface area (Å²) in [5.74, 6) is 0.239. The second-order valence-corrected chi connectivity index (χ2v) is 5.78. The normalized spacial score (nSPS) is 11.1. The molecule has 3 nitrogen and oxygen atoms in total. The molecule has 0 atom stereocenters. The monoisotopic (exact) mass is 337 g/mol. The first-order chi connectivity index (χ1) is 11.7. The van der Waals surface area contributed by atoms with E-state index in [1.807, 2.05) is 30.3 Å². The molecule has 4 rings (SSSR count). The van der Waals surface area contributed by atoms with Crippen molar-refractivity contribution in [3.05, 3.63) is 78.4 Å². The third-order valence-corrected chi connectivity index (χ3v) is 4.29. The quantitative estimate of drug-likeness (QED) is 0.496. The Labute approximate surface area is 143 Å². The van der Waals surface area contributed by atoms with Crippen molar-refractivity contribution in [1.29, 1.82) is 0 Å². The highest BCUT2D eigenvalue weighted by atomic mass is 35.5. The number of fused-ring (bicyclic) bond motifs is 1. The van der Waals surface area contributed by atoms with Gasteiger partial charge in [0.15, 0.2) is 0 Å². The molecule has 0 fully saturated rings. The highest BCUT2D eigenvalue weighted by molar-refractivity contribution is 6.17. The SMILES string of the molecule is Fc1ccc(-c2cnn3ncc(-c4ccc(CCl)cc4)c3c2)cc1. The topological polar surface area (TPSA) is 30.2 Å². The third-order valence-electron chi connectivity index (χ3n) is 3.98. The van der Waals surface area contributed by atoms with Crippen LogP contribution in [-0.4, -0.2) is 14.8 Å². The summed E-state index contributed by atoms with van der Waals surface area (Å²) in [7, 11) is 0. The van der Waals surface area contributed by atoms with Crippen molar-refractivity contribution in [1.82, 2.24) is 14.8 Å². The highest BCUT2D eigenvalue weighted by Crippen LogP contribution is 2.28. The van der Waals surface area contributed by atoms with Crippen LogP contribution >= 0.6 is 11.6 Å².